The van der Waals surface area contributed by atoms with Crippen LogP contribution in [0.15, 0.2) is 30.3 Å². The first-order chi connectivity index (χ1) is 7.86. The van der Waals surface area contributed by atoms with E-state index in [1.165, 1.54) is 24.2 Å². The SMILES string of the molecule is CCCNC(CC)CSCc1ccccc1. The van der Waals surface area contributed by atoms with E-state index >= 15 is 0 Å². The molecule has 0 aliphatic carbocycles. The Labute approximate surface area is 104 Å². The van der Waals surface area contributed by atoms with E-state index in [1.54, 1.807) is 0 Å². The highest BCUT2D eigenvalue weighted by molar-refractivity contribution is 7.98. The predicted octanol–water partition coefficient (Wildman–Crippen LogP) is 3.70. The third kappa shape index (κ3) is 5.57. The summed E-state index contributed by atoms with van der Waals surface area (Å²) in [7, 11) is 0. The highest BCUT2D eigenvalue weighted by Crippen LogP contribution is 2.13. The van der Waals surface area contributed by atoms with Crippen LogP contribution < -0.4 is 5.32 Å². The molecule has 1 aromatic rings. The van der Waals surface area contributed by atoms with Crippen molar-refractivity contribution in [2.75, 3.05) is 12.3 Å². The van der Waals surface area contributed by atoms with Crippen molar-refractivity contribution in [1.29, 1.82) is 0 Å². The molecule has 0 amide bonds. The summed E-state index contributed by atoms with van der Waals surface area (Å²) in [6.07, 6.45) is 2.45. The van der Waals surface area contributed by atoms with E-state index in [9.17, 15) is 0 Å². The van der Waals surface area contributed by atoms with Gasteiger partial charge in [-0.25, -0.2) is 0 Å². The number of thioether (sulfide) groups is 1. The van der Waals surface area contributed by atoms with Crippen molar-refractivity contribution in [2.24, 2.45) is 0 Å². The summed E-state index contributed by atoms with van der Waals surface area (Å²) in [4.78, 5) is 0. The minimum absolute atomic E-state index is 0.675. The molecule has 0 aromatic heterocycles. The lowest BCUT2D eigenvalue weighted by Crippen LogP contribution is -2.31. The van der Waals surface area contributed by atoms with E-state index in [-0.39, 0.29) is 0 Å². The summed E-state index contributed by atoms with van der Waals surface area (Å²) in [6, 6.07) is 11.4. The lowest BCUT2D eigenvalue weighted by Gasteiger charge is -2.15. The van der Waals surface area contributed by atoms with E-state index in [0.29, 0.717) is 6.04 Å². The van der Waals surface area contributed by atoms with Crippen LogP contribution in [0.3, 0.4) is 0 Å². The Bertz CT molecular complexity index is 261. The number of benzene rings is 1. The van der Waals surface area contributed by atoms with E-state index in [4.69, 9.17) is 0 Å². The van der Waals surface area contributed by atoms with Crippen molar-refractivity contribution in [3.05, 3.63) is 35.9 Å². The van der Waals surface area contributed by atoms with Gasteiger partial charge in [-0.3, -0.25) is 0 Å². The molecular weight excluding hydrogens is 214 g/mol. The van der Waals surface area contributed by atoms with Gasteiger partial charge in [-0.1, -0.05) is 44.2 Å². The van der Waals surface area contributed by atoms with E-state index < -0.39 is 0 Å². The first-order valence-electron chi connectivity index (χ1n) is 6.21. The smallest absolute Gasteiger partial charge is 0.0185 e. The van der Waals surface area contributed by atoms with Crippen molar-refractivity contribution in [1.82, 2.24) is 5.32 Å². The molecule has 1 N–H and O–H groups in total. The van der Waals surface area contributed by atoms with Crippen molar-refractivity contribution in [3.63, 3.8) is 0 Å². The largest absolute Gasteiger partial charge is 0.313 e. The molecule has 0 bridgehead atoms. The molecule has 1 nitrogen and oxygen atoms in total. The number of rotatable bonds is 8. The maximum absolute atomic E-state index is 3.58. The molecular formula is C14H23NS. The van der Waals surface area contributed by atoms with Gasteiger partial charge in [0, 0.05) is 17.5 Å². The second-order valence-corrected chi connectivity index (χ2v) is 5.09. The highest BCUT2D eigenvalue weighted by Gasteiger charge is 2.04. The number of hydrogen-bond donors (Lipinski definition) is 1. The van der Waals surface area contributed by atoms with Gasteiger partial charge in [0.15, 0.2) is 0 Å². The van der Waals surface area contributed by atoms with Gasteiger partial charge < -0.3 is 5.32 Å². The Hall–Kier alpha value is -0.470. The summed E-state index contributed by atoms with van der Waals surface area (Å²) < 4.78 is 0. The van der Waals surface area contributed by atoms with Crippen LogP contribution in [0.2, 0.25) is 0 Å². The molecule has 0 aliphatic rings. The van der Waals surface area contributed by atoms with Crippen LogP contribution in [0.5, 0.6) is 0 Å². The summed E-state index contributed by atoms with van der Waals surface area (Å²) in [5.41, 5.74) is 1.43. The fraction of sp³-hybridized carbons (Fsp3) is 0.571. The van der Waals surface area contributed by atoms with Gasteiger partial charge in [0.1, 0.15) is 0 Å². The van der Waals surface area contributed by atoms with E-state index in [2.05, 4.69) is 49.5 Å². The Balaban J connectivity index is 2.18. The van der Waals surface area contributed by atoms with Crippen LogP contribution >= 0.6 is 11.8 Å². The van der Waals surface area contributed by atoms with Gasteiger partial charge in [-0.15, -0.1) is 0 Å². The molecule has 1 aromatic carbocycles. The molecule has 0 fully saturated rings. The zero-order chi connectivity index (χ0) is 11.6. The lowest BCUT2D eigenvalue weighted by atomic mass is 10.2. The van der Waals surface area contributed by atoms with Crippen LogP contribution in [0, 0.1) is 0 Å². The summed E-state index contributed by atoms with van der Waals surface area (Å²) in [5.74, 6) is 2.34. The molecule has 0 aliphatic heterocycles. The van der Waals surface area contributed by atoms with Crippen LogP contribution in [0.4, 0.5) is 0 Å². The topological polar surface area (TPSA) is 12.0 Å². The van der Waals surface area contributed by atoms with E-state index in [1.807, 2.05) is 11.8 Å². The first-order valence-corrected chi connectivity index (χ1v) is 7.37. The molecule has 0 spiro atoms. The first kappa shape index (κ1) is 13.6. The fourth-order valence-corrected chi connectivity index (χ4v) is 2.75. The minimum atomic E-state index is 0.675. The second-order valence-electron chi connectivity index (χ2n) is 4.06. The fourth-order valence-electron chi connectivity index (χ4n) is 1.56. The van der Waals surface area contributed by atoms with Crippen LogP contribution in [-0.4, -0.2) is 18.3 Å². The average Bonchev–Trinajstić information content (AvgIpc) is 2.35. The van der Waals surface area contributed by atoms with Crippen LogP contribution in [-0.2, 0) is 5.75 Å². The third-order valence-corrected chi connectivity index (χ3v) is 3.78. The highest BCUT2D eigenvalue weighted by atomic mass is 32.2. The lowest BCUT2D eigenvalue weighted by molar-refractivity contribution is 0.539. The van der Waals surface area contributed by atoms with Crippen LogP contribution in [0.25, 0.3) is 0 Å². The van der Waals surface area contributed by atoms with Crippen molar-refractivity contribution < 1.29 is 0 Å². The average molecular weight is 237 g/mol. The molecule has 0 radical (unpaired) electrons. The van der Waals surface area contributed by atoms with Gasteiger partial charge in [-0.05, 0) is 24.9 Å². The maximum Gasteiger partial charge on any atom is 0.0185 e. The number of nitrogens with one attached hydrogen (secondary N) is 1. The molecule has 90 valence electrons. The summed E-state index contributed by atoms with van der Waals surface area (Å²) >= 11 is 2.03. The van der Waals surface area contributed by atoms with Gasteiger partial charge in [0.25, 0.3) is 0 Å². The monoisotopic (exact) mass is 237 g/mol. The number of hydrogen-bond acceptors (Lipinski definition) is 2. The Morgan fingerprint density at radius 2 is 1.94 bits per heavy atom. The van der Waals surface area contributed by atoms with Crippen molar-refractivity contribution in [2.45, 2.75) is 38.5 Å². The molecule has 2 heteroatoms. The summed E-state index contributed by atoms with van der Waals surface area (Å²) in [6.45, 7) is 5.62. The standard InChI is InChI=1S/C14H23NS/c1-3-10-15-14(4-2)12-16-11-13-8-6-5-7-9-13/h5-9,14-15H,3-4,10-12H2,1-2H3. The van der Waals surface area contributed by atoms with Gasteiger partial charge in [-0.2, -0.15) is 11.8 Å². The maximum atomic E-state index is 3.58. The normalized spacial score (nSPS) is 12.6. The molecule has 0 saturated heterocycles. The second kappa shape index (κ2) is 8.66. The van der Waals surface area contributed by atoms with Crippen LogP contribution in [0.1, 0.15) is 32.3 Å². The molecule has 1 rings (SSSR count). The zero-order valence-electron chi connectivity index (χ0n) is 10.4. The van der Waals surface area contributed by atoms with Crippen molar-refractivity contribution >= 4 is 11.8 Å². The zero-order valence-corrected chi connectivity index (χ0v) is 11.2. The Morgan fingerprint density at radius 3 is 2.56 bits per heavy atom. The molecule has 1 unspecified atom stereocenters. The van der Waals surface area contributed by atoms with E-state index in [0.717, 1.165) is 12.3 Å². The third-order valence-electron chi connectivity index (χ3n) is 2.61. The molecule has 0 heterocycles. The molecule has 1 atom stereocenters. The molecule has 16 heavy (non-hydrogen) atoms. The quantitative estimate of drug-likeness (QED) is 0.740. The van der Waals surface area contributed by atoms with Crippen molar-refractivity contribution in [3.8, 4) is 0 Å². The summed E-state index contributed by atoms with van der Waals surface area (Å²) in [5, 5.41) is 3.58. The van der Waals surface area contributed by atoms with Gasteiger partial charge in [0.2, 0.25) is 0 Å². The van der Waals surface area contributed by atoms with Gasteiger partial charge >= 0.3 is 0 Å². The van der Waals surface area contributed by atoms with Gasteiger partial charge in [0.05, 0.1) is 0 Å². The molecule has 0 saturated carbocycles. The Kier molecular flexibility index (Phi) is 7.35. The Morgan fingerprint density at radius 1 is 1.19 bits per heavy atom. The predicted molar refractivity (Wildman–Crippen MR) is 75.0 cm³/mol. The minimum Gasteiger partial charge on any atom is -0.313 e.